The zero-order valence-corrected chi connectivity index (χ0v) is 17.0. The molecular formula is C21H25N5O3. The second-order valence-electron chi connectivity index (χ2n) is 7.74. The molecule has 8 heteroatoms. The molecule has 0 fully saturated rings. The van der Waals surface area contributed by atoms with E-state index in [4.69, 9.17) is 5.11 Å². The quantitative estimate of drug-likeness (QED) is 0.668. The molecule has 8 nitrogen and oxygen atoms in total. The first-order chi connectivity index (χ1) is 13.7. The van der Waals surface area contributed by atoms with Crippen molar-refractivity contribution in [1.29, 1.82) is 0 Å². The number of aromatic nitrogens is 4. The molecule has 3 rings (SSSR count). The third-order valence-corrected chi connectivity index (χ3v) is 4.52. The first kappa shape index (κ1) is 20.3. The summed E-state index contributed by atoms with van der Waals surface area (Å²) in [4.78, 5) is 23.7. The van der Waals surface area contributed by atoms with Crippen molar-refractivity contribution in [2.24, 2.45) is 0 Å². The minimum atomic E-state index is -1.07. The summed E-state index contributed by atoms with van der Waals surface area (Å²) in [6.45, 7) is 8.50. The lowest BCUT2D eigenvalue weighted by atomic mass is 10.1. The monoisotopic (exact) mass is 395 g/mol. The van der Waals surface area contributed by atoms with Crippen LogP contribution in [0.1, 0.15) is 59.8 Å². The minimum Gasteiger partial charge on any atom is -0.476 e. The second-order valence-corrected chi connectivity index (χ2v) is 7.74. The number of carbonyl (C=O) groups is 2. The van der Waals surface area contributed by atoms with E-state index in [0.29, 0.717) is 18.5 Å². The van der Waals surface area contributed by atoms with E-state index in [-0.39, 0.29) is 17.1 Å². The first-order valence-electron chi connectivity index (χ1n) is 9.44. The fraction of sp³-hybridized carbons (Fsp3) is 0.333. The molecule has 0 unspecified atom stereocenters. The van der Waals surface area contributed by atoms with Gasteiger partial charge in [-0.3, -0.25) is 9.48 Å². The van der Waals surface area contributed by atoms with Crippen LogP contribution in [0, 0.1) is 0 Å². The summed E-state index contributed by atoms with van der Waals surface area (Å²) >= 11 is 0. The number of carboxylic acids is 1. The predicted octanol–water partition coefficient (Wildman–Crippen LogP) is 3.01. The van der Waals surface area contributed by atoms with Gasteiger partial charge in [0.25, 0.3) is 5.91 Å². The van der Waals surface area contributed by atoms with E-state index in [1.54, 1.807) is 12.4 Å². The van der Waals surface area contributed by atoms with Gasteiger partial charge in [-0.25, -0.2) is 9.48 Å². The Labute approximate surface area is 169 Å². The van der Waals surface area contributed by atoms with Crippen molar-refractivity contribution < 1.29 is 14.7 Å². The fourth-order valence-electron chi connectivity index (χ4n) is 3.15. The lowest BCUT2D eigenvalue weighted by Crippen LogP contribution is -2.27. The smallest absolute Gasteiger partial charge is 0.356 e. The van der Waals surface area contributed by atoms with Gasteiger partial charge < -0.3 is 10.4 Å². The van der Waals surface area contributed by atoms with Crippen molar-refractivity contribution in [1.82, 2.24) is 24.9 Å². The highest BCUT2D eigenvalue weighted by molar-refractivity contribution is 5.95. The number of carbonyl (C=O) groups excluding carboxylic acids is 1. The molecule has 0 atom stereocenters. The lowest BCUT2D eigenvalue weighted by Gasteiger charge is -2.22. The van der Waals surface area contributed by atoms with Crippen molar-refractivity contribution in [2.75, 3.05) is 0 Å². The average molecular weight is 395 g/mol. The molecule has 0 aliphatic carbocycles. The number of aromatic carboxylic acids is 1. The average Bonchev–Trinajstić information content (AvgIpc) is 3.33. The van der Waals surface area contributed by atoms with Crippen LogP contribution in [0.4, 0.5) is 0 Å². The Morgan fingerprint density at radius 1 is 1.21 bits per heavy atom. The van der Waals surface area contributed by atoms with Crippen LogP contribution in [0.2, 0.25) is 0 Å². The maximum atomic E-state index is 12.7. The molecule has 0 spiro atoms. The molecule has 0 radical (unpaired) electrons. The van der Waals surface area contributed by atoms with Gasteiger partial charge >= 0.3 is 5.97 Å². The topological polar surface area (TPSA) is 102 Å². The van der Waals surface area contributed by atoms with E-state index < -0.39 is 5.97 Å². The molecule has 152 valence electrons. The van der Waals surface area contributed by atoms with Gasteiger partial charge in [0.2, 0.25) is 0 Å². The van der Waals surface area contributed by atoms with Crippen LogP contribution in [0.5, 0.6) is 0 Å². The van der Waals surface area contributed by atoms with Gasteiger partial charge in [0.1, 0.15) is 0 Å². The summed E-state index contributed by atoms with van der Waals surface area (Å²) in [7, 11) is 0. The van der Waals surface area contributed by atoms with Crippen LogP contribution in [-0.4, -0.2) is 36.5 Å². The first-order valence-corrected chi connectivity index (χ1v) is 9.44. The normalized spacial score (nSPS) is 11.4. The van der Waals surface area contributed by atoms with Gasteiger partial charge in [-0.05, 0) is 51.0 Å². The van der Waals surface area contributed by atoms with Crippen LogP contribution >= 0.6 is 0 Å². The van der Waals surface area contributed by atoms with Gasteiger partial charge in [0, 0.05) is 12.7 Å². The highest BCUT2D eigenvalue weighted by atomic mass is 16.4. The molecule has 0 saturated heterocycles. The Balaban J connectivity index is 1.74. The van der Waals surface area contributed by atoms with E-state index in [1.165, 1.54) is 10.7 Å². The fourth-order valence-corrected chi connectivity index (χ4v) is 3.15. The number of amides is 1. The number of benzene rings is 1. The summed E-state index contributed by atoms with van der Waals surface area (Å²) < 4.78 is 3.39. The Kier molecular flexibility index (Phi) is 5.54. The second kappa shape index (κ2) is 7.90. The molecule has 0 aliphatic heterocycles. The predicted molar refractivity (Wildman–Crippen MR) is 108 cm³/mol. The summed E-state index contributed by atoms with van der Waals surface area (Å²) in [5.41, 5.74) is 2.87. The SMILES string of the molecule is CCc1c(C(=O)NCc2cccc(-n3ccc(C(=O)O)n3)c2)cnn1C(C)(C)C. The van der Waals surface area contributed by atoms with Gasteiger partial charge in [0.05, 0.1) is 28.7 Å². The Bertz CT molecular complexity index is 1040. The number of nitrogens with zero attached hydrogens (tertiary/aromatic N) is 4. The molecule has 3 aromatic rings. The third kappa shape index (κ3) is 4.37. The van der Waals surface area contributed by atoms with Crippen LogP contribution < -0.4 is 5.32 Å². The van der Waals surface area contributed by atoms with Crippen molar-refractivity contribution in [2.45, 2.75) is 46.2 Å². The Hall–Kier alpha value is -3.42. The highest BCUT2D eigenvalue weighted by Gasteiger charge is 2.22. The Morgan fingerprint density at radius 3 is 2.59 bits per heavy atom. The van der Waals surface area contributed by atoms with E-state index in [0.717, 1.165) is 16.9 Å². The zero-order chi connectivity index (χ0) is 21.2. The van der Waals surface area contributed by atoms with Crippen LogP contribution in [0.3, 0.4) is 0 Å². The van der Waals surface area contributed by atoms with E-state index in [1.807, 2.05) is 35.9 Å². The number of rotatable bonds is 6. The van der Waals surface area contributed by atoms with Crippen molar-refractivity contribution in [3.05, 3.63) is 65.2 Å². The molecule has 2 N–H and O–H groups in total. The van der Waals surface area contributed by atoms with Gasteiger partial charge in [-0.15, -0.1) is 0 Å². The van der Waals surface area contributed by atoms with E-state index in [2.05, 4.69) is 36.3 Å². The zero-order valence-electron chi connectivity index (χ0n) is 17.0. The maximum absolute atomic E-state index is 12.7. The largest absolute Gasteiger partial charge is 0.476 e. The van der Waals surface area contributed by atoms with E-state index in [9.17, 15) is 9.59 Å². The molecule has 0 bridgehead atoms. The lowest BCUT2D eigenvalue weighted by molar-refractivity contribution is 0.0689. The van der Waals surface area contributed by atoms with Crippen LogP contribution in [0.25, 0.3) is 5.69 Å². The van der Waals surface area contributed by atoms with Crippen molar-refractivity contribution in [3.8, 4) is 5.69 Å². The van der Waals surface area contributed by atoms with Crippen molar-refractivity contribution in [3.63, 3.8) is 0 Å². The molecule has 0 saturated carbocycles. The summed E-state index contributed by atoms with van der Waals surface area (Å²) in [6.07, 6.45) is 3.92. The number of hydrogen-bond donors (Lipinski definition) is 2. The van der Waals surface area contributed by atoms with E-state index >= 15 is 0 Å². The number of nitrogens with one attached hydrogen (secondary N) is 1. The maximum Gasteiger partial charge on any atom is 0.356 e. The molecule has 1 aromatic carbocycles. The number of carboxylic acid groups (broad SMARTS) is 1. The molecular weight excluding hydrogens is 370 g/mol. The standard InChI is InChI=1S/C21H25N5O3/c1-5-18-16(13-23-26(18)21(2,3)4)19(27)22-12-14-7-6-8-15(11-14)25-10-9-17(24-25)20(28)29/h6-11,13H,5,12H2,1-4H3,(H,22,27)(H,28,29). The van der Waals surface area contributed by atoms with Gasteiger partial charge in [-0.1, -0.05) is 19.1 Å². The molecule has 0 aliphatic rings. The summed E-state index contributed by atoms with van der Waals surface area (Å²) in [5, 5.41) is 20.4. The third-order valence-electron chi connectivity index (χ3n) is 4.52. The molecule has 2 heterocycles. The summed E-state index contributed by atoms with van der Waals surface area (Å²) in [5.74, 6) is -1.25. The van der Waals surface area contributed by atoms with Crippen LogP contribution in [-0.2, 0) is 18.5 Å². The van der Waals surface area contributed by atoms with Gasteiger partial charge in [-0.2, -0.15) is 10.2 Å². The van der Waals surface area contributed by atoms with Crippen LogP contribution in [0.15, 0.2) is 42.7 Å². The molecule has 2 aromatic heterocycles. The Morgan fingerprint density at radius 2 is 1.97 bits per heavy atom. The van der Waals surface area contributed by atoms with Crippen molar-refractivity contribution >= 4 is 11.9 Å². The minimum absolute atomic E-state index is 0.0216. The molecule has 29 heavy (non-hydrogen) atoms. The van der Waals surface area contributed by atoms with Gasteiger partial charge in [0.15, 0.2) is 5.69 Å². The number of hydrogen-bond acceptors (Lipinski definition) is 4. The molecule has 1 amide bonds. The highest BCUT2D eigenvalue weighted by Crippen LogP contribution is 2.20. The summed E-state index contributed by atoms with van der Waals surface area (Å²) in [6, 6.07) is 8.86.